The molecule has 0 aromatic heterocycles. The maximum Gasteiger partial charge on any atom is 0.501 e. The minimum Gasteiger partial charge on any atom is -0.490 e. The van der Waals surface area contributed by atoms with Gasteiger partial charge in [-0.25, -0.2) is 4.39 Å². The molecule has 0 amide bonds. The zero-order valence-corrected chi connectivity index (χ0v) is 17.4. The third-order valence-corrected chi connectivity index (χ3v) is 7.17. The van der Waals surface area contributed by atoms with Crippen LogP contribution in [0.5, 0.6) is 5.75 Å². The molecule has 0 N–H and O–H groups in total. The topological polar surface area (TPSA) is 36.9 Å². The average Bonchev–Trinajstić information content (AvgIpc) is 2.67. The predicted octanol–water partition coefficient (Wildman–Crippen LogP) is 5.31. The molecule has 2 aromatic carbocycles. The molecule has 0 atom stereocenters. The van der Waals surface area contributed by atoms with Crippen LogP contribution in [0, 0.1) is 5.82 Å². The number of hydrogen-bond donors (Lipinski definition) is 0. The van der Waals surface area contributed by atoms with Gasteiger partial charge in [-0.05, 0) is 38.8 Å². The lowest BCUT2D eigenvalue weighted by atomic mass is 10.0. The van der Waals surface area contributed by atoms with Gasteiger partial charge in [-0.3, -0.25) is 0 Å². The molecule has 2 rings (SSSR count). The van der Waals surface area contributed by atoms with Gasteiger partial charge in [0.05, 0.1) is 6.61 Å². The summed E-state index contributed by atoms with van der Waals surface area (Å²) in [7, 11) is -2.70. The summed E-state index contributed by atoms with van der Waals surface area (Å²) in [6.07, 6.45) is 0.661. The zero-order valence-electron chi connectivity index (χ0n) is 16.4. The molecule has 0 radical (unpaired) electrons. The molecule has 0 heterocycles. The molecule has 6 heteroatoms. The highest BCUT2D eigenvalue weighted by molar-refractivity contribution is 6.60. The Morgan fingerprint density at radius 1 is 0.815 bits per heavy atom. The summed E-state index contributed by atoms with van der Waals surface area (Å²) in [5, 5.41) is 0. The van der Waals surface area contributed by atoms with Gasteiger partial charge in [0.15, 0.2) is 11.6 Å². The van der Waals surface area contributed by atoms with Crippen LogP contribution in [0.3, 0.4) is 0 Å². The summed E-state index contributed by atoms with van der Waals surface area (Å²) >= 11 is 0. The van der Waals surface area contributed by atoms with Gasteiger partial charge in [-0.15, -0.1) is 0 Å². The maximum absolute atomic E-state index is 14.4. The van der Waals surface area contributed by atoms with Crippen LogP contribution in [0.25, 0.3) is 11.1 Å². The quantitative estimate of drug-likeness (QED) is 0.362. The van der Waals surface area contributed by atoms with Crippen LogP contribution < -0.4 is 4.74 Å². The SMILES string of the molecule is CCO[Si](CCCOc1c(F)cccc1-c1ccccc1)(OCC)OCC. The van der Waals surface area contributed by atoms with Crippen LogP contribution in [0.1, 0.15) is 27.2 Å². The third kappa shape index (κ3) is 6.14. The van der Waals surface area contributed by atoms with E-state index in [9.17, 15) is 4.39 Å². The van der Waals surface area contributed by atoms with Crippen LogP contribution in [0.15, 0.2) is 48.5 Å². The lowest BCUT2D eigenvalue weighted by molar-refractivity contribution is 0.0696. The fourth-order valence-corrected chi connectivity index (χ4v) is 5.54. The number of halogens is 1. The van der Waals surface area contributed by atoms with Gasteiger partial charge >= 0.3 is 8.80 Å². The Morgan fingerprint density at radius 2 is 1.44 bits per heavy atom. The lowest BCUT2D eigenvalue weighted by Crippen LogP contribution is -2.46. The van der Waals surface area contributed by atoms with E-state index in [1.807, 2.05) is 57.2 Å². The number of para-hydroxylation sites is 1. The van der Waals surface area contributed by atoms with Crippen molar-refractivity contribution < 1.29 is 22.4 Å². The first kappa shape index (κ1) is 21.6. The molecule has 4 nitrogen and oxygen atoms in total. The molecular formula is C21H29FO4Si. The fraction of sp³-hybridized carbons (Fsp3) is 0.429. The largest absolute Gasteiger partial charge is 0.501 e. The lowest BCUT2D eigenvalue weighted by Gasteiger charge is -2.28. The Hall–Kier alpha value is -1.73. The van der Waals surface area contributed by atoms with Crippen molar-refractivity contribution in [3.8, 4) is 16.9 Å². The Morgan fingerprint density at radius 3 is 2.04 bits per heavy atom. The van der Waals surface area contributed by atoms with E-state index < -0.39 is 8.80 Å². The van der Waals surface area contributed by atoms with E-state index in [1.165, 1.54) is 6.07 Å². The van der Waals surface area contributed by atoms with Gasteiger partial charge in [0.1, 0.15) is 0 Å². The van der Waals surface area contributed by atoms with Gasteiger partial charge in [0.2, 0.25) is 0 Å². The molecule has 0 aliphatic rings. The Labute approximate surface area is 162 Å². The highest BCUT2D eigenvalue weighted by Crippen LogP contribution is 2.32. The highest BCUT2D eigenvalue weighted by atomic mass is 28.4. The number of benzene rings is 2. The van der Waals surface area contributed by atoms with Crippen molar-refractivity contribution in [2.24, 2.45) is 0 Å². The van der Waals surface area contributed by atoms with Crippen molar-refractivity contribution in [3.63, 3.8) is 0 Å². The van der Waals surface area contributed by atoms with E-state index in [0.717, 1.165) is 11.1 Å². The van der Waals surface area contributed by atoms with Crippen molar-refractivity contribution >= 4 is 8.80 Å². The molecule has 27 heavy (non-hydrogen) atoms. The summed E-state index contributed by atoms with van der Waals surface area (Å²) in [6, 6.07) is 15.3. The Kier molecular flexibility index (Phi) is 8.94. The van der Waals surface area contributed by atoms with Crippen molar-refractivity contribution in [1.29, 1.82) is 0 Å². The fourth-order valence-electron chi connectivity index (χ4n) is 2.96. The molecule has 0 aliphatic heterocycles. The third-order valence-electron chi connectivity index (χ3n) is 4.02. The minimum absolute atomic E-state index is 0.278. The van der Waals surface area contributed by atoms with E-state index in [0.29, 0.717) is 38.9 Å². The monoisotopic (exact) mass is 392 g/mol. The number of rotatable bonds is 12. The standard InChI is InChI=1S/C21H29FO4Si/c1-4-24-27(25-5-2,26-6-3)17-11-16-23-21-19(14-10-15-20(21)22)18-12-8-7-9-13-18/h7-10,12-15H,4-6,11,16-17H2,1-3H3. The van der Waals surface area contributed by atoms with Crippen LogP contribution in [-0.4, -0.2) is 35.2 Å². The van der Waals surface area contributed by atoms with Crippen LogP contribution in [0.4, 0.5) is 4.39 Å². The normalized spacial score (nSPS) is 11.6. The molecule has 2 aromatic rings. The first-order valence-electron chi connectivity index (χ1n) is 9.54. The van der Waals surface area contributed by atoms with Gasteiger partial charge in [-0.1, -0.05) is 42.5 Å². The number of ether oxygens (including phenoxy) is 1. The highest BCUT2D eigenvalue weighted by Gasteiger charge is 2.39. The van der Waals surface area contributed by atoms with E-state index in [-0.39, 0.29) is 11.6 Å². The molecule has 0 aliphatic carbocycles. The molecule has 0 spiro atoms. The van der Waals surface area contributed by atoms with E-state index >= 15 is 0 Å². The Bertz CT molecular complexity index is 664. The maximum atomic E-state index is 14.4. The molecule has 0 fully saturated rings. The summed E-state index contributed by atoms with van der Waals surface area (Å²) in [5.74, 6) is -0.0838. The molecular weight excluding hydrogens is 363 g/mol. The van der Waals surface area contributed by atoms with Crippen LogP contribution >= 0.6 is 0 Å². The molecule has 0 saturated carbocycles. The van der Waals surface area contributed by atoms with Crippen molar-refractivity contribution in [2.75, 3.05) is 26.4 Å². The summed E-state index contributed by atoms with van der Waals surface area (Å²) < 4.78 is 37.7. The molecule has 148 valence electrons. The van der Waals surface area contributed by atoms with Crippen molar-refractivity contribution in [3.05, 3.63) is 54.3 Å². The van der Waals surface area contributed by atoms with Gasteiger partial charge < -0.3 is 18.0 Å². The van der Waals surface area contributed by atoms with Gasteiger partial charge in [-0.2, -0.15) is 0 Å². The average molecular weight is 393 g/mol. The summed E-state index contributed by atoms with van der Waals surface area (Å²) in [5.41, 5.74) is 1.67. The summed E-state index contributed by atoms with van der Waals surface area (Å²) in [6.45, 7) is 7.78. The van der Waals surface area contributed by atoms with Crippen molar-refractivity contribution in [2.45, 2.75) is 33.2 Å². The van der Waals surface area contributed by atoms with Crippen LogP contribution in [0.2, 0.25) is 6.04 Å². The van der Waals surface area contributed by atoms with Gasteiger partial charge in [0, 0.05) is 31.4 Å². The van der Waals surface area contributed by atoms with E-state index in [4.69, 9.17) is 18.0 Å². The van der Waals surface area contributed by atoms with Gasteiger partial charge in [0.25, 0.3) is 0 Å². The zero-order chi connectivity index (χ0) is 19.5. The predicted molar refractivity (Wildman–Crippen MR) is 107 cm³/mol. The van der Waals surface area contributed by atoms with Crippen LogP contribution in [-0.2, 0) is 13.3 Å². The Balaban J connectivity index is 2.04. The minimum atomic E-state index is -2.70. The van der Waals surface area contributed by atoms with E-state index in [2.05, 4.69) is 0 Å². The smallest absolute Gasteiger partial charge is 0.490 e. The molecule has 0 saturated heterocycles. The molecule has 0 bridgehead atoms. The molecule has 0 unspecified atom stereocenters. The van der Waals surface area contributed by atoms with E-state index in [1.54, 1.807) is 6.07 Å². The van der Waals surface area contributed by atoms with Crippen molar-refractivity contribution in [1.82, 2.24) is 0 Å². The second-order valence-corrected chi connectivity index (χ2v) is 8.65. The first-order chi connectivity index (χ1) is 13.2. The second kappa shape index (κ2) is 11.2. The first-order valence-corrected chi connectivity index (χ1v) is 11.5. The second-order valence-electron chi connectivity index (χ2n) is 5.92. The number of hydrogen-bond acceptors (Lipinski definition) is 4. The summed E-state index contributed by atoms with van der Waals surface area (Å²) in [4.78, 5) is 0.